The maximum Gasteiger partial charge on any atom is 1.00 e. The van der Waals surface area contributed by atoms with Gasteiger partial charge in [0.05, 0.1) is 0 Å². The Morgan fingerprint density at radius 3 is 1.78 bits per heavy atom. The van der Waals surface area contributed by atoms with E-state index in [1.807, 2.05) is 0 Å². The van der Waals surface area contributed by atoms with Crippen molar-refractivity contribution in [3.8, 4) is 0 Å². The predicted molar refractivity (Wildman–Crippen MR) is 22.8 cm³/mol. The quantitative estimate of drug-likeness (QED) is 0.382. The fourth-order valence-electron chi connectivity index (χ4n) is 0.0880. The van der Waals surface area contributed by atoms with Crippen molar-refractivity contribution in [1.29, 1.82) is 0 Å². The summed E-state index contributed by atoms with van der Waals surface area (Å²) in [6.45, 7) is 0. The minimum atomic E-state index is -3.37. The maximum absolute atomic E-state index is 11.3. The van der Waals surface area contributed by atoms with Crippen LogP contribution in [0.15, 0.2) is 0 Å². The second kappa shape index (κ2) is 5.67. The number of alkyl halides is 3. The summed E-state index contributed by atoms with van der Waals surface area (Å²) in [5.74, 6) is 0. The molecule has 0 aromatic rings. The number of hydrogen-bond acceptors (Lipinski definition) is 1. The van der Waals surface area contributed by atoms with E-state index in [4.69, 9.17) is 4.55 Å². The molecule has 2 nitrogen and oxygen atoms in total. The van der Waals surface area contributed by atoms with E-state index >= 15 is 0 Å². The molecule has 7 heteroatoms. The molecular formula is C2H4F3NaO2S. The fourth-order valence-corrected chi connectivity index (χ4v) is 0.264. The Kier molecular flexibility index (Phi) is 7.91. The van der Waals surface area contributed by atoms with Gasteiger partial charge in [-0.05, 0) is 0 Å². The molecule has 0 aromatic heterocycles. The summed E-state index contributed by atoms with van der Waals surface area (Å²) in [6.07, 6.45) is -3.37. The van der Waals surface area contributed by atoms with E-state index in [0.717, 1.165) is 0 Å². The van der Waals surface area contributed by atoms with E-state index in [0.29, 0.717) is 0 Å². The second-order valence-electron chi connectivity index (χ2n) is 0.962. The zero-order valence-electron chi connectivity index (χ0n) is 5.55. The average Bonchev–Trinajstić information content (AvgIpc) is 1.64. The molecule has 2 atom stereocenters. The van der Waals surface area contributed by atoms with Gasteiger partial charge >= 0.3 is 29.6 Å². The summed E-state index contributed by atoms with van der Waals surface area (Å²) in [6, 6.07) is 0. The third kappa shape index (κ3) is 5.35. The molecule has 0 aliphatic heterocycles. The van der Waals surface area contributed by atoms with E-state index < -0.39 is 23.0 Å². The molecule has 0 heterocycles. The molecule has 0 amide bonds. The van der Waals surface area contributed by atoms with Crippen molar-refractivity contribution in [2.45, 2.75) is 11.9 Å². The van der Waals surface area contributed by atoms with Gasteiger partial charge in [-0.3, -0.25) is 0 Å². The van der Waals surface area contributed by atoms with Crippen molar-refractivity contribution in [2.75, 3.05) is 0 Å². The summed E-state index contributed by atoms with van der Waals surface area (Å²) in [5, 5.41) is 0. The van der Waals surface area contributed by atoms with E-state index in [1.54, 1.807) is 0 Å². The summed E-state index contributed by atoms with van der Waals surface area (Å²) in [7, 11) is 0. The molecule has 1 N–H and O–H groups in total. The molecule has 2 unspecified atom stereocenters. The largest absolute Gasteiger partial charge is 1.00 e. The molecular weight excluding hydrogens is 168 g/mol. The topological polar surface area (TPSA) is 37.3 Å². The maximum atomic E-state index is 11.3. The van der Waals surface area contributed by atoms with Gasteiger partial charge in [-0.2, -0.15) is 0 Å². The Balaban J connectivity index is -0.000000245. The van der Waals surface area contributed by atoms with E-state index in [9.17, 15) is 17.4 Å². The van der Waals surface area contributed by atoms with Gasteiger partial charge in [0.15, 0.2) is 11.1 Å². The molecule has 52 valence electrons. The van der Waals surface area contributed by atoms with E-state index in [-0.39, 0.29) is 31.0 Å². The van der Waals surface area contributed by atoms with Crippen molar-refractivity contribution in [2.24, 2.45) is 0 Å². The molecule has 0 spiro atoms. The molecule has 0 aromatic carbocycles. The van der Waals surface area contributed by atoms with Gasteiger partial charge in [-0.25, -0.2) is 17.4 Å². The van der Waals surface area contributed by atoms with Gasteiger partial charge in [0.1, 0.15) is 0 Å². The van der Waals surface area contributed by atoms with Crippen LogP contribution in [0.2, 0.25) is 0 Å². The van der Waals surface area contributed by atoms with Gasteiger partial charge in [0, 0.05) is 0 Å². The average molecular weight is 172 g/mol. The smallest absolute Gasteiger partial charge is 1.00 e. The van der Waals surface area contributed by atoms with E-state index in [1.165, 1.54) is 0 Å². The molecule has 0 bridgehead atoms. The summed E-state index contributed by atoms with van der Waals surface area (Å²) in [4.78, 5) is 0. The molecule has 9 heavy (non-hydrogen) atoms. The number of rotatable bonds is 2. The van der Waals surface area contributed by atoms with Crippen LogP contribution in [-0.4, -0.2) is 20.7 Å². The summed E-state index contributed by atoms with van der Waals surface area (Å²) < 4.78 is 50.3. The summed E-state index contributed by atoms with van der Waals surface area (Å²) >= 11 is -3.06. The first-order valence-electron chi connectivity index (χ1n) is 1.57. The fraction of sp³-hybridized carbons (Fsp3) is 1.00. The number of halogens is 3. The van der Waals surface area contributed by atoms with Crippen LogP contribution in [0.25, 0.3) is 0 Å². The standard InChI is InChI=1S/C2H3F3O2S.Na.H/c3-1(4)2(5)8(6)7;;/h1-2H,(H,6,7);;/q;+1;-1. The third-order valence-electron chi connectivity index (χ3n) is 0.391. The summed E-state index contributed by atoms with van der Waals surface area (Å²) in [5.41, 5.74) is -2.94. The second-order valence-corrected chi connectivity index (χ2v) is 1.96. The van der Waals surface area contributed by atoms with Gasteiger partial charge in [0.25, 0.3) is 11.9 Å². The minimum Gasteiger partial charge on any atom is -1.00 e. The molecule has 0 fully saturated rings. The minimum absolute atomic E-state index is 0. The van der Waals surface area contributed by atoms with Crippen molar-refractivity contribution < 1.29 is 52.9 Å². The Morgan fingerprint density at radius 1 is 1.44 bits per heavy atom. The van der Waals surface area contributed by atoms with Gasteiger partial charge in [-0.1, -0.05) is 0 Å². The first-order chi connectivity index (χ1) is 3.55. The van der Waals surface area contributed by atoms with Crippen LogP contribution in [-0.2, 0) is 11.1 Å². The van der Waals surface area contributed by atoms with Gasteiger partial charge < -0.3 is 5.98 Å². The van der Waals surface area contributed by atoms with Crippen molar-refractivity contribution in [1.82, 2.24) is 0 Å². The molecule has 0 aliphatic rings. The molecule has 0 saturated heterocycles. The molecule has 0 aliphatic carbocycles. The zero-order chi connectivity index (χ0) is 6.73. The van der Waals surface area contributed by atoms with Crippen molar-refractivity contribution in [3.05, 3.63) is 0 Å². The zero-order valence-corrected chi connectivity index (χ0v) is 7.37. The van der Waals surface area contributed by atoms with Crippen LogP contribution in [0.4, 0.5) is 13.2 Å². The Labute approximate surface area is 75.9 Å². The Hall–Kier alpha value is 0.900. The monoisotopic (exact) mass is 172 g/mol. The Morgan fingerprint density at radius 2 is 1.78 bits per heavy atom. The van der Waals surface area contributed by atoms with Crippen LogP contribution in [0.1, 0.15) is 1.43 Å². The number of hydrogen-bond donors (Lipinski definition) is 1. The molecule has 0 saturated carbocycles. The van der Waals surface area contributed by atoms with E-state index in [2.05, 4.69) is 0 Å². The van der Waals surface area contributed by atoms with Crippen molar-refractivity contribution in [3.63, 3.8) is 0 Å². The van der Waals surface area contributed by atoms with Gasteiger partial charge in [-0.15, -0.1) is 0 Å². The van der Waals surface area contributed by atoms with Crippen LogP contribution >= 0.6 is 0 Å². The molecule has 0 radical (unpaired) electrons. The van der Waals surface area contributed by atoms with Crippen LogP contribution in [0, 0.1) is 0 Å². The van der Waals surface area contributed by atoms with Crippen molar-refractivity contribution >= 4 is 11.1 Å². The van der Waals surface area contributed by atoms with Crippen LogP contribution in [0.5, 0.6) is 0 Å². The predicted octanol–water partition coefficient (Wildman–Crippen LogP) is -2.11. The SMILES string of the molecule is O=S(O)C(F)C(F)F.[H-].[Na+]. The van der Waals surface area contributed by atoms with Crippen LogP contribution in [0.3, 0.4) is 0 Å². The third-order valence-corrected chi connectivity index (χ3v) is 0.982. The normalized spacial score (nSPS) is 16.6. The Bertz CT molecular complexity index is 105. The van der Waals surface area contributed by atoms with Gasteiger partial charge in [0.2, 0.25) is 0 Å². The van der Waals surface area contributed by atoms with Crippen LogP contribution < -0.4 is 29.6 Å². The first kappa shape index (κ1) is 12.6. The first-order valence-corrected chi connectivity index (χ1v) is 2.74. The molecule has 0 rings (SSSR count).